The molecule has 12 heavy (non-hydrogen) atoms. The van der Waals surface area contributed by atoms with E-state index in [1.165, 1.54) is 11.3 Å². The number of aliphatic hydroxyl groups excluding tert-OH is 1. The van der Waals surface area contributed by atoms with E-state index in [0.717, 1.165) is 11.4 Å². The Morgan fingerprint density at radius 1 is 1.83 bits per heavy atom. The van der Waals surface area contributed by atoms with Gasteiger partial charge in [0.05, 0.1) is 6.10 Å². The van der Waals surface area contributed by atoms with Crippen molar-refractivity contribution in [1.82, 2.24) is 10.3 Å². The van der Waals surface area contributed by atoms with Crippen LogP contribution < -0.4 is 5.32 Å². The van der Waals surface area contributed by atoms with Crippen molar-refractivity contribution in [1.29, 1.82) is 0 Å². The number of nitrogens with zero attached hydrogens (tertiary/aromatic N) is 1. The molecule has 0 aliphatic carbocycles. The Labute approximate surface area is 80.4 Å². The molecule has 1 unspecified atom stereocenters. The predicted molar refractivity (Wildman–Crippen MR) is 50.5 cm³/mol. The van der Waals surface area contributed by atoms with Gasteiger partial charge in [0, 0.05) is 24.2 Å². The van der Waals surface area contributed by atoms with Gasteiger partial charge >= 0.3 is 0 Å². The summed E-state index contributed by atoms with van der Waals surface area (Å²) in [7, 11) is 0. The topological polar surface area (TPSA) is 45.1 Å². The standard InChI is InChI=1S/C7H11ClN2OS/c1-5(11)2-9-3-6-4-10-7(8)12-6/h4-5,9,11H,2-3H2,1H3. The second-order valence-corrected chi connectivity index (χ2v) is 4.26. The lowest BCUT2D eigenvalue weighted by Gasteiger charge is -2.03. The molecule has 0 amide bonds. The zero-order chi connectivity index (χ0) is 8.97. The molecule has 0 aliphatic rings. The maximum Gasteiger partial charge on any atom is 0.183 e. The summed E-state index contributed by atoms with van der Waals surface area (Å²) in [5.74, 6) is 0. The average Bonchev–Trinajstić information content (AvgIpc) is 2.35. The number of aliphatic hydroxyl groups is 1. The highest BCUT2D eigenvalue weighted by Crippen LogP contribution is 2.16. The third-order valence-electron chi connectivity index (χ3n) is 1.26. The summed E-state index contributed by atoms with van der Waals surface area (Å²) >= 11 is 7.08. The zero-order valence-electron chi connectivity index (χ0n) is 6.75. The Kier molecular flexibility index (Phi) is 3.94. The lowest BCUT2D eigenvalue weighted by Crippen LogP contribution is -2.23. The summed E-state index contributed by atoms with van der Waals surface area (Å²) in [6.45, 7) is 3.05. The predicted octanol–water partition coefficient (Wildman–Crippen LogP) is 1.27. The van der Waals surface area contributed by atoms with Crippen LogP contribution in [0.1, 0.15) is 11.8 Å². The fraction of sp³-hybridized carbons (Fsp3) is 0.571. The highest BCUT2D eigenvalue weighted by molar-refractivity contribution is 7.15. The van der Waals surface area contributed by atoms with Gasteiger partial charge in [0.15, 0.2) is 4.47 Å². The first-order chi connectivity index (χ1) is 5.68. The molecule has 1 heterocycles. The maximum atomic E-state index is 8.93. The van der Waals surface area contributed by atoms with Crippen LogP contribution in [0.5, 0.6) is 0 Å². The van der Waals surface area contributed by atoms with E-state index in [1.54, 1.807) is 13.1 Å². The smallest absolute Gasteiger partial charge is 0.183 e. The van der Waals surface area contributed by atoms with Gasteiger partial charge in [0.2, 0.25) is 0 Å². The molecule has 1 aromatic heterocycles. The van der Waals surface area contributed by atoms with Crippen molar-refractivity contribution < 1.29 is 5.11 Å². The Balaban J connectivity index is 2.24. The van der Waals surface area contributed by atoms with Crippen molar-refractivity contribution >= 4 is 22.9 Å². The van der Waals surface area contributed by atoms with Crippen molar-refractivity contribution in [2.45, 2.75) is 19.6 Å². The van der Waals surface area contributed by atoms with E-state index in [2.05, 4.69) is 10.3 Å². The molecule has 3 nitrogen and oxygen atoms in total. The number of aromatic nitrogens is 1. The van der Waals surface area contributed by atoms with Gasteiger partial charge in [-0.25, -0.2) is 4.98 Å². The van der Waals surface area contributed by atoms with E-state index < -0.39 is 0 Å². The molecular formula is C7H11ClN2OS. The van der Waals surface area contributed by atoms with Crippen LogP contribution >= 0.6 is 22.9 Å². The first kappa shape index (κ1) is 9.92. The van der Waals surface area contributed by atoms with Crippen molar-refractivity contribution in [2.75, 3.05) is 6.54 Å². The number of rotatable bonds is 4. The minimum absolute atomic E-state index is 0.312. The maximum absolute atomic E-state index is 8.93. The molecule has 0 spiro atoms. The van der Waals surface area contributed by atoms with Crippen LogP contribution in [-0.2, 0) is 6.54 Å². The van der Waals surface area contributed by atoms with Crippen molar-refractivity contribution in [2.24, 2.45) is 0 Å². The van der Waals surface area contributed by atoms with Crippen LogP contribution in [0.2, 0.25) is 4.47 Å². The summed E-state index contributed by atoms with van der Waals surface area (Å²) in [6.07, 6.45) is 1.43. The SMILES string of the molecule is CC(O)CNCc1cnc(Cl)s1. The van der Waals surface area contributed by atoms with Crippen LogP contribution in [0.25, 0.3) is 0 Å². The van der Waals surface area contributed by atoms with Crippen LogP contribution in [0.4, 0.5) is 0 Å². The first-order valence-corrected chi connectivity index (χ1v) is 4.87. The largest absolute Gasteiger partial charge is 0.392 e. The minimum Gasteiger partial charge on any atom is -0.392 e. The normalized spacial score (nSPS) is 13.2. The molecule has 0 saturated heterocycles. The van der Waals surface area contributed by atoms with E-state index in [1.807, 2.05) is 0 Å². The highest BCUT2D eigenvalue weighted by atomic mass is 35.5. The van der Waals surface area contributed by atoms with Gasteiger partial charge in [-0.2, -0.15) is 0 Å². The molecule has 0 aliphatic heterocycles. The molecule has 0 bridgehead atoms. The second kappa shape index (κ2) is 4.77. The number of halogens is 1. The quantitative estimate of drug-likeness (QED) is 0.780. The molecule has 2 N–H and O–H groups in total. The fourth-order valence-corrected chi connectivity index (χ4v) is 1.72. The lowest BCUT2D eigenvalue weighted by atomic mass is 10.4. The van der Waals surface area contributed by atoms with Crippen molar-refractivity contribution in [3.05, 3.63) is 15.5 Å². The van der Waals surface area contributed by atoms with E-state index in [0.29, 0.717) is 11.0 Å². The van der Waals surface area contributed by atoms with Crippen LogP contribution in [0, 0.1) is 0 Å². The number of thiazole rings is 1. The lowest BCUT2D eigenvalue weighted by molar-refractivity contribution is 0.191. The highest BCUT2D eigenvalue weighted by Gasteiger charge is 1.99. The molecule has 0 fully saturated rings. The number of hydrogen-bond donors (Lipinski definition) is 2. The van der Waals surface area contributed by atoms with Crippen molar-refractivity contribution in [3.63, 3.8) is 0 Å². The van der Waals surface area contributed by atoms with Gasteiger partial charge in [-0.1, -0.05) is 11.6 Å². The molecule has 0 saturated carbocycles. The van der Waals surface area contributed by atoms with Gasteiger partial charge in [0.1, 0.15) is 0 Å². The molecular weight excluding hydrogens is 196 g/mol. The van der Waals surface area contributed by atoms with Crippen LogP contribution in [0.15, 0.2) is 6.20 Å². The molecule has 1 rings (SSSR count). The minimum atomic E-state index is -0.312. The van der Waals surface area contributed by atoms with E-state index >= 15 is 0 Å². The molecule has 5 heteroatoms. The Morgan fingerprint density at radius 2 is 2.58 bits per heavy atom. The summed E-state index contributed by atoms with van der Waals surface area (Å²) in [5.41, 5.74) is 0. The Bertz CT molecular complexity index is 239. The zero-order valence-corrected chi connectivity index (χ0v) is 8.32. The second-order valence-electron chi connectivity index (χ2n) is 2.56. The first-order valence-electron chi connectivity index (χ1n) is 3.67. The summed E-state index contributed by atoms with van der Waals surface area (Å²) in [6, 6.07) is 0. The monoisotopic (exact) mass is 206 g/mol. The third-order valence-corrected chi connectivity index (χ3v) is 2.38. The summed E-state index contributed by atoms with van der Waals surface area (Å²) in [4.78, 5) is 4.98. The van der Waals surface area contributed by atoms with Gasteiger partial charge < -0.3 is 10.4 Å². The molecule has 0 aromatic carbocycles. The molecule has 1 atom stereocenters. The Morgan fingerprint density at radius 3 is 3.08 bits per heavy atom. The summed E-state index contributed by atoms with van der Waals surface area (Å²) < 4.78 is 0.559. The molecule has 68 valence electrons. The van der Waals surface area contributed by atoms with E-state index in [-0.39, 0.29) is 6.10 Å². The average molecular weight is 207 g/mol. The number of nitrogens with one attached hydrogen (secondary N) is 1. The third kappa shape index (κ3) is 3.49. The summed E-state index contributed by atoms with van der Waals surface area (Å²) in [5, 5.41) is 12.0. The molecule has 1 aromatic rings. The van der Waals surface area contributed by atoms with E-state index in [4.69, 9.17) is 16.7 Å². The van der Waals surface area contributed by atoms with Gasteiger partial charge in [-0.15, -0.1) is 11.3 Å². The van der Waals surface area contributed by atoms with Crippen molar-refractivity contribution in [3.8, 4) is 0 Å². The van der Waals surface area contributed by atoms with Gasteiger partial charge in [-0.3, -0.25) is 0 Å². The molecule has 0 radical (unpaired) electrons. The van der Waals surface area contributed by atoms with Crippen LogP contribution in [0.3, 0.4) is 0 Å². The van der Waals surface area contributed by atoms with Gasteiger partial charge in [-0.05, 0) is 6.92 Å². The van der Waals surface area contributed by atoms with Gasteiger partial charge in [0.25, 0.3) is 0 Å². The number of hydrogen-bond acceptors (Lipinski definition) is 4. The fourth-order valence-electron chi connectivity index (χ4n) is 0.770. The van der Waals surface area contributed by atoms with Crippen LogP contribution in [-0.4, -0.2) is 22.7 Å². The Hall–Kier alpha value is -0.160. The van der Waals surface area contributed by atoms with E-state index in [9.17, 15) is 0 Å².